The minimum atomic E-state index is -4.46. The minimum Gasteiger partial charge on any atom is -0.491 e. The number of fused-ring (bicyclic) bond motifs is 2. The molecule has 1 atom stereocenters. The first kappa shape index (κ1) is 13.9. The lowest BCUT2D eigenvalue weighted by atomic mass is 10.1. The number of ether oxygens (including phenoxy) is 1. The lowest BCUT2D eigenvalue weighted by Crippen LogP contribution is -2.13. The summed E-state index contributed by atoms with van der Waals surface area (Å²) in [6.07, 6.45) is -3.23. The van der Waals surface area contributed by atoms with E-state index in [2.05, 4.69) is 20.3 Å². The summed E-state index contributed by atoms with van der Waals surface area (Å²) >= 11 is 0. The lowest BCUT2D eigenvalue weighted by Gasteiger charge is -2.12. The molecule has 0 amide bonds. The van der Waals surface area contributed by atoms with Crippen LogP contribution in [0.1, 0.15) is 17.3 Å². The van der Waals surface area contributed by atoms with E-state index < -0.39 is 11.9 Å². The first-order valence-electron chi connectivity index (χ1n) is 6.91. The molecule has 0 bridgehead atoms. The van der Waals surface area contributed by atoms with Gasteiger partial charge in [-0.3, -0.25) is 0 Å². The predicted molar refractivity (Wildman–Crippen MR) is 77.2 cm³/mol. The van der Waals surface area contributed by atoms with Gasteiger partial charge in [0.2, 0.25) is 0 Å². The van der Waals surface area contributed by atoms with Gasteiger partial charge in [0, 0.05) is 5.56 Å². The second-order valence-electron chi connectivity index (χ2n) is 5.21. The molecule has 2 N–H and O–H groups in total. The van der Waals surface area contributed by atoms with Gasteiger partial charge in [-0.05, 0) is 12.1 Å². The average molecular weight is 320 g/mol. The summed E-state index contributed by atoms with van der Waals surface area (Å²) in [4.78, 5) is 10.2. The van der Waals surface area contributed by atoms with E-state index in [-0.39, 0.29) is 11.7 Å². The minimum absolute atomic E-state index is 0.141. The molecule has 8 heteroatoms. The van der Waals surface area contributed by atoms with Crippen molar-refractivity contribution in [3.63, 3.8) is 0 Å². The van der Waals surface area contributed by atoms with Crippen LogP contribution in [0.2, 0.25) is 0 Å². The number of rotatable bonds is 2. The molecule has 4 rings (SSSR count). The van der Waals surface area contributed by atoms with Crippen molar-refractivity contribution in [2.75, 3.05) is 11.9 Å². The monoisotopic (exact) mass is 320 g/mol. The first-order chi connectivity index (χ1) is 11.0. The largest absolute Gasteiger partial charge is 0.491 e. The Labute approximate surface area is 128 Å². The smallest absolute Gasteiger partial charge is 0.431 e. The van der Waals surface area contributed by atoms with Gasteiger partial charge in [-0.1, -0.05) is 18.2 Å². The van der Waals surface area contributed by atoms with E-state index in [0.29, 0.717) is 17.8 Å². The van der Waals surface area contributed by atoms with Gasteiger partial charge in [-0.2, -0.15) is 13.2 Å². The van der Waals surface area contributed by atoms with Crippen molar-refractivity contribution in [1.82, 2.24) is 15.0 Å². The molecule has 0 saturated carbocycles. The first-order valence-corrected chi connectivity index (χ1v) is 6.91. The highest BCUT2D eigenvalue weighted by Crippen LogP contribution is 2.36. The van der Waals surface area contributed by atoms with Crippen LogP contribution < -0.4 is 10.1 Å². The molecular weight excluding hydrogens is 309 g/mol. The van der Waals surface area contributed by atoms with Crippen LogP contribution in [0.15, 0.2) is 36.7 Å². The zero-order chi connectivity index (χ0) is 16.0. The van der Waals surface area contributed by atoms with Crippen LogP contribution in [0, 0.1) is 0 Å². The van der Waals surface area contributed by atoms with Crippen LogP contribution >= 0.6 is 0 Å². The third-order valence-corrected chi connectivity index (χ3v) is 3.74. The normalized spacial score (nSPS) is 17.1. The van der Waals surface area contributed by atoms with E-state index in [1.165, 1.54) is 6.33 Å². The Morgan fingerprint density at radius 1 is 1.22 bits per heavy atom. The van der Waals surface area contributed by atoms with E-state index in [1.807, 2.05) is 24.3 Å². The summed E-state index contributed by atoms with van der Waals surface area (Å²) in [5.41, 5.74) is 0.243. The summed E-state index contributed by atoms with van der Waals surface area (Å²) in [5.74, 6) is 1.10. The van der Waals surface area contributed by atoms with E-state index in [4.69, 9.17) is 4.74 Å². The summed E-state index contributed by atoms with van der Waals surface area (Å²) in [6.45, 7) is 0.390. The third-order valence-electron chi connectivity index (χ3n) is 3.74. The second kappa shape index (κ2) is 4.87. The maximum Gasteiger partial charge on any atom is 0.431 e. The van der Waals surface area contributed by atoms with E-state index in [9.17, 15) is 13.2 Å². The van der Waals surface area contributed by atoms with Crippen LogP contribution in [-0.2, 0) is 6.18 Å². The zero-order valence-electron chi connectivity index (χ0n) is 11.7. The molecule has 3 aromatic rings. The molecule has 0 saturated heterocycles. The molecule has 1 aliphatic rings. The molecule has 1 aromatic carbocycles. The van der Waals surface area contributed by atoms with Crippen LogP contribution in [0.3, 0.4) is 0 Å². The highest BCUT2D eigenvalue weighted by molar-refractivity contribution is 5.88. The van der Waals surface area contributed by atoms with Gasteiger partial charge in [0.25, 0.3) is 0 Å². The summed E-state index contributed by atoms with van der Waals surface area (Å²) in [7, 11) is 0. The highest BCUT2D eigenvalue weighted by Gasteiger charge is 2.33. The number of halogens is 3. The number of nitrogens with zero attached hydrogens (tertiary/aromatic N) is 2. The van der Waals surface area contributed by atoms with E-state index >= 15 is 0 Å². The number of H-pyrrole nitrogens is 1. The molecule has 0 fully saturated rings. The Kier molecular flexibility index (Phi) is 2.93. The Morgan fingerprint density at radius 3 is 2.87 bits per heavy atom. The Balaban J connectivity index is 1.71. The molecule has 118 valence electrons. The van der Waals surface area contributed by atoms with E-state index in [1.54, 1.807) is 0 Å². The summed E-state index contributed by atoms with van der Waals surface area (Å²) < 4.78 is 44.1. The van der Waals surface area contributed by atoms with Crippen LogP contribution in [0.5, 0.6) is 5.75 Å². The maximum absolute atomic E-state index is 12.8. The van der Waals surface area contributed by atoms with Crippen LogP contribution in [0.4, 0.5) is 19.0 Å². The van der Waals surface area contributed by atoms with Crippen molar-refractivity contribution in [2.45, 2.75) is 12.2 Å². The molecule has 0 radical (unpaired) electrons. The molecule has 1 unspecified atom stereocenters. The molecule has 2 aromatic heterocycles. The highest BCUT2D eigenvalue weighted by atomic mass is 19.4. The van der Waals surface area contributed by atoms with Gasteiger partial charge in [0.1, 0.15) is 35.8 Å². The SMILES string of the molecule is FC(F)(F)c1cc2c(NC3COc4ccccc43)ncnc2[nH]1. The van der Waals surface area contributed by atoms with Gasteiger partial charge in [-0.25, -0.2) is 9.97 Å². The van der Waals surface area contributed by atoms with Crippen molar-refractivity contribution in [3.05, 3.63) is 47.9 Å². The van der Waals surface area contributed by atoms with Crippen molar-refractivity contribution < 1.29 is 17.9 Å². The third kappa shape index (κ3) is 2.36. The van der Waals surface area contributed by atoms with Gasteiger partial charge < -0.3 is 15.0 Å². The molecule has 0 aliphatic carbocycles. The molecule has 3 heterocycles. The predicted octanol–water partition coefficient (Wildman–Crippen LogP) is 3.52. The number of hydrogen-bond acceptors (Lipinski definition) is 4. The van der Waals surface area contributed by atoms with Crippen molar-refractivity contribution >= 4 is 16.9 Å². The number of aromatic amines is 1. The van der Waals surface area contributed by atoms with Gasteiger partial charge >= 0.3 is 6.18 Å². The standard InChI is InChI=1S/C15H11F3N4O/c16-15(17,18)12-5-9-13(19-7-20-14(9)22-12)21-10-6-23-11-4-2-1-3-8(10)11/h1-5,7,10H,6H2,(H2,19,20,21,22). The number of para-hydroxylation sites is 1. The molecule has 1 aliphatic heterocycles. The van der Waals surface area contributed by atoms with Gasteiger partial charge in [-0.15, -0.1) is 0 Å². The number of aromatic nitrogens is 3. The number of hydrogen-bond donors (Lipinski definition) is 2. The molecule has 23 heavy (non-hydrogen) atoms. The average Bonchev–Trinajstić information content (AvgIpc) is 3.12. The van der Waals surface area contributed by atoms with Crippen LogP contribution in [0.25, 0.3) is 11.0 Å². The fourth-order valence-corrected chi connectivity index (χ4v) is 2.65. The Bertz CT molecular complexity index is 875. The molecule has 0 spiro atoms. The second-order valence-corrected chi connectivity index (χ2v) is 5.21. The fourth-order valence-electron chi connectivity index (χ4n) is 2.65. The lowest BCUT2D eigenvalue weighted by molar-refractivity contribution is -0.140. The Hall–Kier alpha value is -2.77. The maximum atomic E-state index is 12.8. The quantitative estimate of drug-likeness (QED) is 0.758. The van der Waals surface area contributed by atoms with E-state index in [0.717, 1.165) is 17.4 Å². The zero-order valence-corrected chi connectivity index (χ0v) is 11.7. The fraction of sp³-hybridized carbons (Fsp3) is 0.200. The van der Waals surface area contributed by atoms with Crippen molar-refractivity contribution in [3.8, 4) is 5.75 Å². The van der Waals surface area contributed by atoms with Crippen LogP contribution in [-0.4, -0.2) is 21.6 Å². The number of anilines is 1. The van der Waals surface area contributed by atoms with Gasteiger partial charge in [0.05, 0.1) is 11.4 Å². The summed E-state index contributed by atoms with van der Waals surface area (Å²) in [5, 5.41) is 3.44. The molecular formula is C15H11F3N4O. The van der Waals surface area contributed by atoms with Gasteiger partial charge in [0.15, 0.2) is 0 Å². The number of alkyl halides is 3. The summed E-state index contributed by atoms with van der Waals surface area (Å²) in [6, 6.07) is 8.36. The number of benzene rings is 1. The number of nitrogens with one attached hydrogen (secondary N) is 2. The Morgan fingerprint density at radius 2 is 2.04 bits per heavy atom. The van der Waals surface area contributed by atoms with Crippen molar-refractivity contribution in [2.24, 2.45) is 0 Å². The van der Waals surface area contributed by atoms with Crippen molar-refractivity contribution in [1.29, 1.82) is 0 Å². The molecule has 5 nitrogen and oxygen atoms in total. The topological polar surface area (TPSA) is 62.8 Å².